The number of hydrogen-bond donors (Lipinski definition) is 2. The predicted molar refractivity (Wildman–Crippen MR) is 158 cm³/mol. The topological polar surface area (TPSA) is 78.5 Å². The lowest BCUT2D eigenvalue weighted by Gasteiger charge is -2.25. The predicted octanol–water partition coefficient (Wildman–Crippen LogP) is 5.85. The van der Waals surface area contributed by atoms with Gasteiger partial charge in [-0.15, -0.1) is 11.3 Å². The summed E-state index contributed by atoms with van der Waals surface area (Å²) in [6.45, 7) is 6.21. The molecular formula is C32H33N3O3S. The van der Waals surface area contributed by atoms with E-state index in [1.54, 1.807) is 0 Å². The summed E-state index contributed by atoms with van der Waals surface area (Å²) in [4.78, 5) is 23.9. The smallest absolute Gasteiger partial charge is 0.260 e. The minimum Gasteiger partial charge on any atom is -0.389 e. The van der Waals surface area contributed by atoms with Crippen LogP contribution >= 0.6 is 11.3 Å². The number of aliphatic hydroxyl groups is 1. The second-order valence-electron chi connectivity index (χ2n) is 9.95. The second-order valence-corrected chi connectivity index (χ2v) is 10.8. The van der Waals surface area contributed by atoms with Crippen LogP contribution in [0.25, 0.3) is 21.3 Å². The van der Waals surface area contributed by atoms with Crippen molar-refractivity contribution in [1.82, 2.24) is 14.9 Å². The van der Waals surface area contributed by atoms with E-state index in [9.17, 15) is 9.90 Å². The van der Waals surface area contributed by atoms with Crippen molar-refractivity contribution >= 4 is 21.6 Å². The van der Waals surface area contributed by atoms with Crippen molar-refractivity contribution in [2.24, 2.45) is 0 Å². The minimum atomic E-state index is -0.689. The second kappa shape index (κ2) is 12.5. The highest BCUT2D eigenvalue weighted by atomic mass is 32.1. The number of aromatic amines is 1. The first kappa shape index (κ1) is 27.0. The molecule has 200 valence electrons. The molecule has 2 aromatic heterocycles. The Morgan fingerprint density at radius 3 is 2.38 bits per heavy atom. The number of rotatable bonds is 11. The lowest BCUT2D eigenvalue weighted by atomic mass is 10.0. The lowest BCUT2D eigenvalue weighted by molar-refractivity contribution is 0.00673. The Balaban J connectivity index is 1.33. The number of hydrogen-bond acceptors (Lipinski definition) is 6. The molecular weight excluding hydrogens is 506 g/mol. The van der Waals surface area contributed by atoms with Crippen LogP contribution in [-0.2, 0) is 24.4 Å². The molecule has 0 aliphatic rings. The van der Waals surface area contributed by atoms with Crippen LogP contribution < -0.4 is 5.56 Å². The fourth-order valence-corrected chi connectivity index (χ4v) is 5.63. The summed E-state index contributed by atoms with van der Waals surface area (Å²) in [5.41, 5.74) is 6.38. The van der Waals surface area contributed by atoms with Gasteiger partial charge in [-0.3, -0.25) is 9.69 Å². The summed E-state index contributed by atoms with van der Waals surface area (Å²) >= 11 is 1.48. The molecule has 5 rings (SSSR count). The van der Waals surface area contributed by atoms with Gasteiger partial charge in [0, 0.05) is 24.0 Å². The number of aromatic nitrogens is 2. The Morgan fingerprint density at radius 2 is 1.67 bits per heavy atom. The van der Waals surface area contributed by atoms with E-state index in [1.165, 1.54) is 22.5 Å². The highest BCUT2D eigenvalue weighted by Crippen LogP contribution is 2.31. The first-order valence-electron chi connectivity index (χ1n) is 13.1. The van der Waals surface area contributed by atoms with Gasteiger partial charge in [-0.2, -0.15) is 0 Å². The Morgan fingerprint density at radius 1 is 0.949 bits per heavy atom. The zero-order chi connectivity index (χ0) is 27.2. The monoisotopic (exact) mass is 539 g/mol. The summed E-state index contributed by atoms with van der Waals surface area (Å²) < 4.78 is 5.77. The molecule has 7 heteroatoms. The molecule has 0 aliphatic heterocycles. The fraction of sp³-hybridized carbons (Fsp3) is 0.250. The van der Waals surface area contributed by atoms with E-state index in [0.29, 0.717) is 42.3 Å². The Kier molecular flexibility index (Phi) is 8.64. The van der Waals surface area contributed by atoms with Crippen molar-refractivity contribution in [1.29, 1.82) is 0 Å². The standard InChI is InChI=1S/C32H33N3O3S/c1-22-13-14-26(15-23(22)2)28-21-39-32-30(28)31(37)33-29(34-32)18-35(16-24-9-5-3-6-10-24)17-27(36)20-38-19-25-11-7-4-8-12-25/h3-15,21,27,36H,16-20H2,1-2H3,(H,33,34,37). The first-order valence-corrected chi connectivity index (χ1v) is 14.0. The number of nitrogens with one attached hydrogen (secondary N) is 1. The number of aliphatic hydroxyl groups excluding tert-OH is 1. The summed E-state index contributed by atoms with van der Waals surface area (Å²) in [5, 5.41) is 13.4. The molecule has 1 unspecified atom stereocenters. The van der Waals surface area contributed by atoms with Gasteiger partial charge < -0.3 is 14.8 Å². The quantitative estimate of drug-likeness (QED) is 0.220. The maximum absolute atomic E-state index is 13.3. The Labute approximate surface area is 232 Å². The molecule has 0 bridgehead atoms. The summed E-state index contributed by atoms with van der Waals surface area (Å²) in [6.07, 6.45) is -0.689. The highest BCUT2D eigenvalue weighted by molar-refractivity contribution is 7.17. The molecule has 0 saturated heterocycles. The summed E-state index contributed by atoms with van der Waals surface area (Å²) in [6, 6.07) is 26.3. The molecule has 39 heavy (non-hydrogen) atoms. The van der Waals surface area contributed by atoms with E-state index in [2.05, 4.69) is 54.1 Å². The molecule has 0 aliphatic carbocycles. The van der Waals surface area contributed by atoms with E-state index in [4.69, 9.17) is 9.72 Å². The third kappa shape index (κ3) is 6.88. The van der Waals surface area contributed by atoms with Gasteiger partial charge in [0.15, 0.2) is 0 Å². The van der Waals surface area contributed by atoms with Gasteiger partial charge in [-0.25, -0.2) is 4.98 Å². The zero-order valence-electron chi connectivity index (χ0n) is 22.3. The van der Waals surface area contributed by atoms with Crippen molar-refractivity contribution in [3.05, 3.63) is 123 Å². The van der Waals surface area contributed by atoms with Crippen LogP contribution in [0.2, 0.25) is 0 Å². The van der Waals surface area contributed by atoms with Crippen LogP contribution in [-0.4, -0.2) is 39.2 Å². The molecule has 0 radical (unpaired) electrons. The van der Waals surface area contributed by atoms with Crippen LogP contribution in [0.1, 0.15) is 28.1 Å². The van der Waals surface area contributed by atoms with Crippen molar-refractivity contribution in [2.75, 3.05) is 13.2 Å². The van der Waals surface area contributed by atoms with E-state index >= 15 is 0 Å². The van der Waals surface area contributed by atoms with E-state index < -0.39 is 6.10 Å². The molecule has 0 amide bonds. The summed E-state index contributed by atoms with van der Waals surface area (Å²) in [5.74, 6) is 0.578. The van der Waals surface area contributed by atoms with Crippen LogP contribution in [0.15, 0.2) is 89.0 Å². The average molecular weight is 540 g/mol. The van der Waals surface area contributed by atoms with Crippen LogP contribution in [0.3, 0.4) is 0 Å². The number of thiophene rings is 1. The first-order chi connectivity index (χ1) is 19.0. The number of ether oxygens (including phenoxy) is 1. The van der Waals surface area contributed by atoms with Crippen LogP contribution in [0, 0.1) is 13.8 Å². The maximum Gasteiger partial charge on any atom is 0.260 e. The van der Waals surface area contributed by atoms with E-state index in [0.717, 1.165) is 22.3 Å². The van der Waals surface area contributed by atoms with Crippen molar-refractivity contribution in [3.8, 4) is 11.1 Å². The van der Waals surface area contributed by atoms with E-state index in [1.807, 2.05) is 53.9 Å². The van der Waals surface area contributed by atoms with Gasteiger partial charge >= 0.3 is 0 Å². The average Bonchev–Trinajstić information content (AvgIpc) is 3.36. The van der Waals surface area contributed by atoms with Gasteiger partial charge in [0.2, 0.25) is 0 Å². The van der Waals surface area contributed by atoms with E-state index in [-0.39, 0.29) is 12.2 Å². The third-order valence-electron chi connectivity index (χ3n) is 6.82. The van der Waals surface area contributed by atoms with Gasteiger partial charge in [-0.1, -0.05) is 78.9 Å². The number of aryl methyl sites for hydroxylation is 2. The normalized spacial score (nSPS) is 12.3. The van der Waals surface area contributed by atoms with Gasteiger partial charge in [0.05, 0.1) is 31.2 Å². The number of nitrogens with zero attached hydrogens (tertiary/aromatic N) is 2. The number of fused-ring (bicyclic) bond motifs is 1. The van der Waals surface area contributed by atoms with Crippen molar-refractivity contribution in [3.63, 3.8) is 0 Å². The molecule has 5 aromatic rings. The SMILES string of the molecule is Cc1ccc(-c2csc3nc(CN(Cc4ccccc4)CC(O)COCc4ccccc4)[nH]c(=O)c23)cc1C. The molecule has 2 heterocycles. The summed E-state index contributed by atoms with van der Waals surface area (Å²) in [7, 11) is 0. The maximum atomic E-state index is 13.3. The Bertz CT molecular complexity index is 1580. The van der Waals surface area contributed by atoms with Gasteiger partial charge in [0.1, 0.15) is 10.7 Å². The molecule has 0 saturated carbocycles. The number of H-pyrrole nitrogens is 1. The zero-order valence-corrected chi connectivity index (χ0v) is 23.1. The Hall–Kier alpha value is -3.62. The molecule has 6 nitrogen and oxygen atoms in total. The van der Waals surface area contributed by atoms with Crippen LogP contribution in [0.4, 0.5) is 0 Å². The largest absolute Gasteiger partial charge is 0.389 e. The fourth-order valence-electron chi connectivity index (χ4n) is 4.67. The molecule has 2 N–H and O–H groups in total. The van der Waals surface area contributed by atoms with Crippen molar-refractivity contribution < 1.29 is 9.84 Å². The minimum absolute atomic E-state index is 0.143. The molecule has 3 aromatic carbocycles. The lowest BCUT2D eigenvalue weighted by Crippen LogP contribution is -2.35. The molecule has 1 atom stereocenters. The third-order valence-corrected chi connectivity index (χ3v) is 7.70. The van der Waals surface area contributed by atoms with Gasteiger partial charge in [-0.05, 0) is 41.7 Å². The van der Waals surface area contributed by atoms with Crippen molar-refractivity contribution in [2.45, 2.75) is 39.6 Å². The van der Waals surface area contributed by atoms with Crippen LogP contribution in [0.5, 0.6) is 0 Å². The number of benzene rings is 3. The molecule has 0 spiro atoms. The van der Waals surface area contributed by atoms with Gasteiger partial charge in [0.25, 0.3) is 5.56 Å². The molecule has 0 fully saturated rings. The highest BCUT2D eigenvalue weighted by Gasteiger charge is 2.18.